The number of carbonyl (C=O) groups is 10. The van der Waals surface area contributed by atoms with Gasteiger partial charge in [-0.05, 0) is 18.6 Å². The number of phenols is 2. The average molecular weight is 929 g/mol. The maximum Gasteiger partial charge on any atom is 0.303 e. The number of hydrogen-bond donors (Lipinski definition) is 2. The molecule has 2 heterocycles. The van der Waals surface area contributed by atoms with Crippen molar-refractivity contribution in [1.29, 1.82) is 0 Å². The van der Waals surface area contributed by atoms with Crippen LogP contribution in [0.5, 0.6) is 11.5 Å². The first-order valence-corrected chi connectivity index (χ1v) is 20.5. The number of ketones is 2. The molecule has 3 aliphatic rings. The van der Waals surface area contributed by atoms with Gasteiger partial charge >= 0.3 is 47.8 Å². The molecule has 0 radical (unpaired) electrons. The minimum absolute atomic E-state index is 0.0419. The maximum absolute atomic E-state index is 14.8. The molecule has 0 saturated carbocycles. The second-order valence-electron chi connectivity index (χ2n) is 14.0. The first kappa shape index (κ1) is 49.9. The second-order valence-corrected chi connectivity index (χ2v) is 16.2. The van der Waals surface area contributed by atoms with Crippen molar-refractivity contribution < 1.29 is 106 Å². The van der Waals surface area contributed by atoms with Crippen LogP contribution in [0.2, 0.25) is 0 Å². The molecule has 2 fully saturated rings. The van der Waals surface area contributed by atoms with E-state index in [-0.39, 0.29) is 5.56 Å². The van der Waals surface area contributed by atoms with Crippen molar-refractivity contribution in [3.05, 3.63) is 32.6 Å². The van der Waals surface area contributed by atoms with Crippen molar-refractivity contribution >= 4 is 82.8 Å². The first-order chi connectivity index (χ1) is 29.4. The lowest BCUT2D eigenvalue weighted by Gasteiger charge is -2.45. The largest absolute Gasteiger partial charge is 0.507 e. The van der Waals surface area contributed by atoms with Crippen LogP contribution in [-0.4, -0.2) is 142 Å². The Morgan fingerprint density at radius 2 is 0.825 bits per heavy atom. The van der Waals surface area contributed by atoms with Gasteiger partial charge < -0.3 is 57.6 Å². The zero-order chi connectivity index (χ0) is 47.2. The zero-order valence-electron chi connectivity index (χ0n) is 35.1. The summed E-state index contributed by atoms with van der Waals surface area (Å²) >= 11 is 0.720. The molecule has 0 amide bonds. The minimum atomic E-state index is -1.78. The highest BCUT2D eigenvalue weighted by atomic mass is 32.2. The predicted octanol–water partition coefficient (Wildman–Crippen LogP) is 1.63. The number of Topliss-reactive ketones (excluding diaryl/α,β-unsaturated/α-hetero) is 2. The van der Waals surface area contributed by atoms with Crippen molar-refractivity contribution in [1.82, 2.24) is 0 Å². The maximum atomic E-state index is 14.8. The van der Waals surface area contributed by atoms with E-state index in [1.54, 1.807) is 0 Å². The molecular weight excluding hydrogens is 885 g/mol. The predicted molar refractivity (Wildman–Crippen MR) is 209 cm³/mol. The summed E-state index contributed by atoms with van der Waals surface area (Å²) in [5, 5.41) is 22.3. The Balaban J connectivity index is 2.01. The van der Waals surface area contributed by atoms with E-state index in [4.69, 9.17) is 47.4 Å². The third-order valence-electron chi connectivity index (χ3n) is 8.91. The second kappa shape index (κ2) is 21.1. The van der Waals surface area contributed by atoms with Gasteiger partial charge in [0.1, 0.15) is 47.8 Å². The molecule has 24 heteroatoms. The standard InChI is InChI=1S/C39H44O22S2/c1-13-10-22(48)25-26(27(13)49)29(51)37(63-39-35(59-21(9)47)33(57-19(7)45)31(55-17(5)43)24(61-39)12-53-15(3)41)36(28(25)50)62-38-34(58-20(8)46)32(56-18(6)44)30(54-16(4)42)23(60-38)11-52-14(2)40/h10,23-24,30-35,38-39,48-49H,11-12H2,1-9H3. The van der Waals surface area contributed by atoms with Crippen LogP contribution < -0.4 is 0 Å². The molecule has 0 spiro atoms. The number of esters is 8. The zero-order valence-corrected chi connectivity index (χ0v) is 36.8. The van der Waals surface area contributed by atoms with Gasteiger partial charge in [-0.25, -0.2) is 0 Å². The number of aryl methyl sites for hydroxylation is 1. The van der Waals surface area contributed by atoms with Crippen molar-refractivity contribution in [3.63, 3.8) is 0 Å². The summed E-state index contributed by atoms with van der Waals surface area (Å²) < 4.78 is 55.6. The number of rotatable bonds is 14. The quantitative estimate of drug-likeness (QED) is 0.152. The molecule has 1 aromatic carbocycles. The van der Waals surface area contributed by atoms with Crippen molar-refractivity contribution in [2.75, 3.05) is 13.2 Å². The molecule has 1 aromatic rings. The van der Waals surface area contributed by atoms with Gasteiger partial charge in [0.05, 0.1) is 20.9 Å². The number of fused-ring (bicyclic) bond motifs is 1. The number of carbonyl (C=O) groups excluding carboxylic acids is 10. The van der Waals surface area contributed by atoms with E-state index in [0.717, 1.165) is 61.5 Å². The highest BCUT2D eigenvalue weighted by Crippen LogP contribution is 2.50. The number of allylic oxidation sites excluding steroid dienone is 2. The lowest BCUT2D eigenvalue weighted by Crippen LogP contribution is -2.61. The van der Waals surface area contributed by atoms with Gasteiger partial charge in [-0.1, -0.05) is 23.5 Å². The Kier molecular flexibility index (Phi) is 16.7. The molecule has 2 N–H and O–H groups in total. The summed E-state index contributed by atoms with van der Waals surface area (Å²) in [6.45, 7) is 8.02. The topological polar surface area (TPSA) is 303 Å². The van der Waals surface area contributed by atoms with Crippen molar-refractivity contribution in [2.45, 2.75) is 122 Å². The Hall–Kier alpha value is -5.72. The molecule has 1 aliphatic carbocycles. The summed E-state index contributed by atoms with van der Waals surface area (Å²) in [6.07, 6.45) is -13.2. The highest BCUT2D eigenvalue weighted by Gasteiger charge is 2.56. The highest BCUT2D eigenvalue weighted by molar-refractivity contribution is 8.08. The van der Waals surface area contributed by atoms with Gasteiger partial charge in [0.25, 0.3) is 0 Å². The van der Waals surface area contributed by atoms with Gasteiger partial charge in [-0.15, -0.1) is 0 Å². The summed E-state index contributed by atoms with van der Waals surface area (Å²) in [6, 6.07) is 1.01. The Morgan fingerprint density at radius 1 is 0.508 bits per heavy atom. The number of phenolic OH excluding ortho intramolecular Hbond substituents is 2. The van der Waals surface area contributed by atoms with Gasteiger partial charge in [0.2, 0.25) is 11.6 Å². The summed E-state index contributed by atoms with van der Waals surface area (Å²) in [5.74, 6) is -11.2. The lowest BCUT2D eigenvalue weighted by molar-refractivity contribution is -0.237. The number of ether oxygens (including phenoxy) is 10. The van der Waals surface area contributed by atoms with E-state index in [2.05, 4.69) is 0 Å². The smallest absolute Gasteiger partial charge is 0.303 e. The third-order valence-corrected chi connectivity index (χ3v) is 11.5. The Labute approximate surface area is 366 Å². The Bertz CT molecular complexity index is 2100. The van der Waals surface area contributed by atoms with E-state index in [0.29, 0.717) is 23.5 Å². The normalized spacial score (nSPS) is 26.6. The molecule has 0 aromatic heterocycles. The van der Waals surface area contributed by atoms with E-state index < -0.39 is 165 Å². The molecule has 344 valence electrons. The van der Waals surface area contributed by atoms with Crippen LogP contribution in [0.3, 0.4) is 0 Å². The van der Waals surface area contributed by atoms with Crippen molar-refractivity contribution in [3.8, 4) is 11.5 Å². The van der Waals surface area contributed by atoms with Crippen LogP contribution in [-0.2, 0) is 85.7 Å². The molecule has 2 aliphatic heterocycles. The number of benzene rings is 1. The van der Waals surface area contributed by atoms with Gasteiger partial charge in [0, 0.05) is 55.4 Å². The SMILES string of the molecule is CC(=O)OCC1OC(SC2=C(SC3OC(COC(C)=O)C(OC(C)=O)C(OC(C)=O)C3OC(C)=O)C(=O)c3c(O)c(C)cc(O)c3C2=O)C(OC(C)=O)C(OC(C)=O)C1OC(C)=O. The molecule has 22 nitrogen and oxygen atoms in total. The minimum Gasteiger partial charge on any atom is -0.507 e. The number of aromatic hydroxyl groups is 2. The van der Waals surface area contributed by atoms with Gasteiger partial charge in [0.15, 0.2) is 36.6 Å². The van der Waals surface area contributed by atoms with Crippen LogP contribution >= 0.6 is 23.5 Å². The van der Waals surface area contributed by atoms with Gasteiger partial charge in [-0.2, -0.15) is 0 Å². The fourth-order valence-electron chi connectivity index (χ4n) is 6.69. The Morgan fingerprint density at radius 3 is 1.16 bits per heavy atom. The third kappa shape index (κ3) is 12.3. The van der Waals surface area contributed by atoms with Crippen LogP contribution in [0, 0.1) is 6.92 Å². The first-order valence-electron chi connectivity index (χ1n) is 18.7. The molecule has 10 unspecified atom stereocenters. The fraction of sp³-hybridized carbons (Fsp3) is 0.538. The van der Waals surface area contributed by atoms with E-state index >= 15 is 0 Å². The van der Waals surface area contributed by atoms with Gasteiger partial charge in [-0.3, -0.25) is 47.9 Å². The molecule has 10 atom stereocenters. The number of thioether (sulfide) groups is 2. The van der Waals surface area contributed by atoms with Crippen molar-refractivity contribution in [2.24, 2.45) is 0 Å². The number of hydrogen-bond acceptors (Lipinski definition) is 24. The van der Waals surface area contributed by atoms with E-state index in [9.17, 15) is 58.2 Å². The van der Waals surface area contributed by atoms with Crippen LogP contribution in [0.15, 0.2) is 15.9 Å². The van der Waals surface area contributed by atoms with Crippen LogP contribution in [0.4, 0.5) is 0 Å². The average Bonchev–Trinajstić information content (AvgIpc) is 3.15. The molecule has 63 heavy (non-hydrogen) atoms. The van der Waals surface area contributed by atoms with Crippen LogP contribution in [0.1, 0.15) is 81.7 Å². The van der Waals surface area contributed by atoms with Crippen LogP contribution in [0.25, 0.3) is 0 Å². The summed E-state index contributed by atoms with van der Waals surface area (Å²) in [4.78, 5) is 127. The molecule has 4 rings (SSSR count). The molecule has 2 saturated heterocycles. The summed E-state index contributed by atoms with van der Waals surface area (Å²) in [5.41, 5.74) is -4.88. The molecular formula is C39H44O22S2. The van der Waals surface area contributed by atoms with E-state index in [1.807, 2.05) is 0 Å². The fourth-order valence-corrected chi connectivity index (χ4v) is 9.34. The monoisotopic (exact) mass is 928 g/mol. The summed E-state index contributed by atoms with van der Waals surface area (Å²) in [7, 11) is 0. The van der Waals surface area contributed by atoms with E-state index in [1.165, 1.54) is 6.92 Å². The molecule has 0 bridgehead atoms. The lowest BCUT2D eigenvalue weighted by atomic mass is 9.90.